The fraction of sp³-hybridized carbons (Fsp3) is 0.250. The third-order valence-corrected chi connectivity index (χ3v) is 7.26. The second-order valence-corrected chi connectivity index (χ2v) is 9.62. The average molecular weight is 489 g/mol. The fourth-order valence-corrected chi connectivity index (χ4v) is 5.11. The third-order valence-electron chi connectivity index (χ3n) is 7.01. The minimum absolute atomic E-state index is 0.0208. The van der Waals surface area contributed by atoms with Crippen molar-refractivity contribution in [3.8, 4) is 11.1 Å². The predicted octanol–water partition coefficient (Wildman–Crippen LogP) is 5.86. The zero-order valence-corrected chi connectivity index (χ0v) is 19.8. The van der Waals surface area contributed by atoms with Gasteiger partial charge in [0.25, 0.3) is 11.8 Å². The molecule has 2 aliphatic rings. The number of nitrogens with zero attached hydrogens (tertiary/aromatic N) is 1. The predicted molar refractivity (Wildman–Crippen MR) is 135 cm³/mol. The summed E-state index contributed by atoms with van der Waals surface area (Å²) in [7, 11) is 0. The molecule has 178 valence electrons. The maximum Gasteiger partial charge on any atom is 0.306 e. The van der Waals surface area contributed by atoms with Crippen molar-refractivity contribution < 1.29 is 19.5 Å². The van der Waals surface area contributed by atoms with Crippen LogP contribution in [0.15, 0.2) is 66.7 Å². The van der Waals surface area contributed by atoms with E-state index < -0.39 is 5.97 Å². The molecule has 7 heteroatoms. The van der Waals surface area contributed by atoms with Crippen LogP contribution in [0.4, 0.5) is 5.69 Å². The lowest BCUT2D eigenvalue weighted by atomic mass is 9.85. The number of benzene rings is 3. The molecule has 2 N–H and O–H groups in total. The van der Waals surface area contributed by atoms with E-state index in [1.807, 2.05) is 47.4 Å². The zero-order valence-electron chi connectivity index (χ0n) is 19.0. The summed E-state index contributed by atoms with van der Waals surface area (Å²) in [4.78, 5) is 38.8. The van der Waals surface area contributed by atoms with E-state index in [9.17, 15) is 19.5 Å². The summed E-state index contributed by atoms with van der Waals surface area (Å²) in [6.07, 6.45) is 2.69. The van der Waals surface area contributed by atoms with Crippen molar-refractivity contribution in [1.29, 1.82) is 0 Å². The number of halogens is 1. The van der Waals surface area contributed by atoms with Gasteiger partial charge >= 0.3 is 5.97 Å². The number of carbonyl (C=O) groups excluding carboxylic acids is 2. The number of amides is 2. The van der Waals surface area contributed by atoms with Gasteiger partial charge in [0.15, 0.2) is 0 Å². The first-order valence-electron chi connectivity index (χ1n) is 11.7. The molecule has 1 heterocycles. The van der Waals surface area contributed by atoms with Crippen LogP contribution in [0.3, 0.4) is 0 Å². The van der Waals surface area contributed by atoms with Gasteiger partial charge in [0.05, 0.1) is 5.92 Å². The SMILES string of the molecule is O=C(Nc1ccc(-c2ccc3c(c2)C(=O)N(C2CCC(C(=O)O)CC2)C3)cc1)c1ccc(Cl)cc1. The van der Waals surface area contributed by atoms with Gasteiger partial charge in [-0.2, -0.15) is 0 Å². The molecule has 1 aliphatic carbocycles. The van der Waals surface area contributed by atoms with E-state index in [-0.39, 0.29) is 23.8 Å². The molecular weight excluding hydrogens is 464 g/mol. The summed E-state index contributed by atoms with van der Waals surface area (Å²) in [5.41, 5.74) is 4.80. The lowest BCUT2D eigenvalue weighted by Gasteiger charge is -2.33. The number of rotatable bonds is 5. The van der Waals surface area contributed by atoms with Crippen LogP contribution in [0.5, 0.6) is 0 Å². The highest BCUT2D eigenvalue weighted by Crippen LogP contribution is 2.35. The molecule has 1 fully saturated rings. The van der Waals surface area contributed by atoms with Crippen molar-refractivity contribution in [1.82, 2.24) is 4.90 Å². The second kappa shape index (κ2) is 9.55. The summed E-state index contributed by atoms with van der Waals surface area (Å²) in [6.45, 7) is 0.576. The Kier molecular flexibility index (Phi) is 6.31. The zero-order chi connectivity index (χ0) is 24.5. The first kappa shape index (κ1) is 23.1. The Hall–Kier alpha value is -3.64. The molecular formula is C28H25ClN2O4. The van der Waals surface area contributed by atoms with Crippen LogP contribution in [-0.2, 0) is 11.3 Å². The maximum atomic E-state index is 13.2. The molecule has 3 aromatic carbocycles. The molecule has 1 saturated carbocycles. The maximum absolute atomic E-state index is 13.2. The largest absolute Gasteiger partial charge is 0.481 e. The molecule has 0 saturated heterocycles. The number of fused-ring (bicyclic) bond motifs is 1. The lowest BCUT2D eigenvalue weighted by Crippen LogP contribution is -2.39. The van der Waals surface area contributed by atoms with Crippen molar-refractivity contribution in [2.45, 2.75) is 38.3 Å². The fourth-order valence-electron chi connectivity index (χ4n) is 4.98. The number of carboxylic acids is 1. The normalized spacial score (nSPS) is 19.3. The Balaban J connectivity index is 1.26. The molecule has 35 heavy (non-hydrogen) atoms. The summed E-state index contributed by atoms with van der Waals surface area (Å²) in [5, 5.41) is 12.7. The molecule has 0 spiro atoms. The van der Waals surface area contributed by atoms with E-state index in [1.165, 1.54) is 0 Å². The number of hydrogen-bond donors (Lipinski definition) is 2. The molecule has 0 bridgehead atoms. The molecule has 0 aromatic heterocycles. The van der Waals surface area contributed by atoms with Gasteiger partial charge in [-0.1, -0.05) is 35.9 Å². The van der Waals surface area contributed by atoms with Gasteiger partial charge in [-0.15, -0.1) is 0 Å². The number of carbonyl (C=O) groups is 3. The number of aliphatic carboxylic acids is 1. The lowest BCUT2D eigenvalue weighted by molar-refractivity contribution is -0.143. The Morgan fingerprint density at radius 1 is 0.886 bits per heavy atom. The van der Waals surface area contributed by atoms with E-state index >= 15 is 0 Å². The van der Waals surface area contributed by atoms with E-state index in [2.05, 4.69) is 5.32 Å². The van der Waals surface area contributed by atoms with Gasteiger partial charge in [-0.3, -0.25) is 14.4 Å². The molecule has 0 atom stereocenters. The smallest absolute Gasteiger partial charge is 0.306 e. The van der Waals surface area contributed by atoms with Crippen molar-refractivity contribution in [2.24, 2.45) is 5.92 Å². The van der Waals surface area contributed by atoms with Gasteiger partial charge < -0.3 is 15.3 Å². The standard InChI is InChI=1S/C28H25ClN2O4/c29-22-9-3-18(4-10-22)26(32)30-23-11-5-17(6-12-23)20-1-2-21-16-31(27(33)25(21)15-20)24-13-7-19(8-14-24)28(34)35/h1-6,9-12,15,19,24H,7-8,13-14,16H2,(H,30,32)(H,34,35). The number of carboxylic acid groups (broad SMARTS) is 1. The minimum Gasteiger partial charge on any atom is -0.481 e. The molecule has 1 aliphatic heterocycles. The van der Waals surface area contributed by atoms with E-state index in [0.29, 0.717) is 41.2 Å². The van der Waals surface area contributed by atoms with E-state index in [4.69, 9.17) is 11.6 Å². The first-order chi connectivity index (χ1) is 16.9. The number of hydrogen-bond acceptors (Lipinski definition) is 3. The molecule has 2 amide bonds. The van der Waals surface area contributed by atoms with Gasteiger partial charge in [0, 0.05) is 34.4 Å². The van der Waals surface area contributed by atoms with E-state index in [0.717, 1.165) is 29.5 Å². The van der Waals surface area contributed by atoms with Crippen molar-refractivity contribution in [3.63, 3.8) is 0 Å². The van der Waals surface area contributed by atoms with Crippen LogP contribution < -0.4 is 5.32 Å². The van der Waals surface area contributed by atoms with Crippen LogP contribution in [0.25, 0.3) is 11.1 Å². The average Bonchev–Trinajstić information content (AvgIpc) is 3.20. The van der Waals surface area contributed by atoms with Gasteiger partial charge in [-0.25, -0.2) is 0 Å². The molecule has 6 nitrogen and oxygen atoms in total. The summed E-state index contributed by atoms with van der Waals surface area (Å²) < 4.78 is 0. The van der Waals surface area contributed by atoms with Gasteiger partial charge in [0.2, 0.25) is 0 Å². The summed E-state index contributed by atoms with van der Waals surface area (Å²) in [5.74, 6) is -1.22. The van der Waals surface area contributed by atoms with Crippen LogP contribution in [0.2, 0.25) is 5.02 Å². The number of anilines is 1. The van der Waals surface area contributed by atoms with Crippen LogP contribution in [-0.4, -0.2) is 33.8 Å². The van der Waals surface area contributed by atoms with Gasteiger partial charge in [0.1, 0.15) is 0 Å². The highest BCUT2D eigenvalue weighted by atomic mass is 35.5. The van der Waals surface area contributed by atoms with Crippen LogP contribution in [0.1, 0.15) is 52.0 Å². The second-order valence-electron chi connectivity index (χ2n) is 9.19. The van der Waals surface area contributed by atoms with Gasteiger partial charge in [-0.05, 0) is 84.8 Å². The van der Waals surface area contributed by atoms with Crippen molar-refractivity contribution >= 4 is 35.1 Å². The van der Waals surface area contributed by atoms with Crippen LogP contribution in [0, 0.1) is 5.92 Å². The Morgan fingerprint density at radius 2 is 1.54 bits per heavy atom. The Labute approximate surface area is 208 Å². The Bertz CT molecular complexity index is 1280. The third kappa shape index (κ3) is 4.80. The molecule has 5 rings (SSSR count). The van der Waals surface area contributed by atoms with Crippen LogP contribution >= 0.6 is 11.6 Å². The molecule has 0 radical (unpaired) electrons. The molecule has 3 aromatic rings. The first-order valence-corrected chi connectivity index (χ1v) is 12.1. The topological polar surface area (TPSA) is 86.7 Å². The van der Waals surface area contributed by atoms with Crippen molar-refractivity contribution in [2.75, 3.05) is 5.32 Å². The minimum atomic E-state index is -0.736. The molecule has 0 unspecified atom stereocenters. The highest BCUT2D eigenvalue weighted by Gasteiger charge is 2.36. The monoisotopic (exact) mass is 488 g/mol. The Morgan fingerprint density at radius 3 is 2.20 bits per heavy atom. The highest BCUT2D eigenvalue weighted by molar-refractivity contribution is 6.30. The number of nitrogens with one attached hydrogen (secondary N) is 1. The quantitative estimate of drug-likeness (QED) is 0.471. The summed E-state index contributed by atoms with van der Waals surface area (Å²) in [6, 6.07) is 20.3. The summed E-state index contributed by atoms with van der Waals surface area (Å²) >= 11 is 5.88. The van der Waals surface area contributed by atoms with Crippen molar-refractivity contribution in [3.05, 3.63) is 88.4 Å². The van der Waals surface area contributed by atoms with E-state index in [1.54, 1.807) is 24.3 Å².